The molecular weight excluding hydrogens is 303 g/mol. The van der Waals surface area contributed by atoms with E-state index in [-0.39, 0.29) is 10.6 Å². The number of rotatable bonds is 2. The van der Waals surface area contributed by atoms with E-state index in [9.17, 15) is 4.39 Å². The van der Waals surface area contributed by atoms with Crippen LogP contribution in [0.25, 0.3) is 0 Å². The summed E-state index contributed by atoms with van der Waals surface area (Å²) >= 11 is 3.71. The molecule has 1 unspecified atom stereocenters. The summed E-state index contributed by atoms with van der Waals surface area (Å²) < 4.78 is 13.7. The van der Waals surface area contributed by atoms with E-state index in [2.05, 4.69) is 48.8 Å². The lowest BCUT2D eigenvalue weighted by molar-refractivity contribution is 0.616. The quantitative estimate of drug-likeness (QED) is 0.637. The van der Waals surface area contributed by atoms with E-state index < -0.39 is 0 Å². The van der Waals surface area contributed by atoms with Gasteiger partial charge in [-0.1, -0.05) is 45.8 Å². The minimum atomic E-state index is -0.149. The lowest BCUT2D eigenvalue weighted by Gasteiger charge is -2.18. The number of halogens is 2. The molecule has 2 aromatic carbocycles. The molecule has 0 N–H and O–H groups in total. The summed E-state index contributed by atoms with van der Waals surface area (Å²) in [6, 6.07) is 9.77. The summed E-state index contributed by atoms with van der Waals surface area (Å²) in [6.07, 6.45) is 0. The molecule has 19 heavy (non-hydrogen) atoms. The fourth-order valence-corrected chi connectivity index (χ4v) is 3.53. The molecular formula is C17H18BrF. The van der Waals surface area contributed by atoms with Crippen molar-refractivity contribution in [2.75, 3.05) is 0 Å². The molecule has 0 bridgehead atoms. The molecule has 0 fully saturated rings. The van der Waals surface area contributed by atoms with E-state index in [1.165, 1.54) is 22.3 Å². The van der Waals surface area contributed by atoms with Crippen LogP contribution in [0.2, 0.25) is 0 Å². The van der Waals surface area contributed by atoms with Gasteiger partial charge in [-0.3, -0.25) is 0 Å². The van der Waals surface area contributed by atoms with Crippen LogP contribution in [0.15, 0.2) is 30.3 Å². The molecule has 0 aliphatic heterocycles. The molecule has 0 aliphatic carbocycles. The summed E-state index contributed by atoms with van der Waals surface area (Å²) in [5, 5.41) is 0. The van der Waals surface area contributed by atoms with Crippen molar-refractivity contribution in [2.24, 2.45) is 0 Å². The molecule has 0 amide bonds. The van der Waals surface area contributed by atoms with Gasteiger partial charge in [-0.15, -0.1) is 0 Å². The maximum absolute atomic E-state index is 13.7. The maximum atomic E-state index is 13.7. The molecule has 0 spiro atoms. The summed E-state index contributed by atoms with van der Waals surface area (Å²) in [6.45, 7) is 8.09. The normalized spacial score (nSPS) is 12.5. The monoisotopic (exact) mass is 320 g/mol. The number of benzene rings is 2. The zero-order valence-corrected chi connectivity index (χ0v) is 13.3. The molecule has 0 heterocycles. The largest absolute Gasteiger partial charge is 0.207 e. The van der Waals surface area contributed by atoms with Crippen LogP contribution in [0.1, 0.15) is 38.2 Å². The molecule has 0 saturated carbocycles. The standard InChI is InChI=1S/C17H18BrF/c1-10-7-12(3)16(13(4)8-10)17(18)14-6-5-11(2)15(19)9-14/h5-9,17H,1-4H3. The van der Waals surface area contributed by atoms with Crippen molar-refractivity contribution < 1.29 is 4.39 Å². The van der Waals surface area contributed by atoms with E-state index in [1.54, 1.807) is 13.0 Å². The second kappa shape index (κ2) is 5.46. The number of hydrogen-bond acceptors (Lipinski definition) is 0. The molecule has 2 heteroatoms. The first-order valence-electron chi connectivity index (χ1n) is 6.38. The summed E-state index contributed by atoms with van der Waals surface area (Å²) in [5.74, 6) is -0.149. The first kappa shape index (κ1) is 14.3. The van der Waals surface area contributed by atoms with Crippen LogP contribution in [0, 0.1) is 33.5 Å². The third kappa shape index (κ3) is 2.89. The highest BCUT2D eigenvalue weighted by atomic mass is 79.9. The van der Waals surface area contributed by atoms with Crippen LogP contribution in [-0.2, 0) is 0 Å². The summed E-state index contributed by atoms with van der Waals surface area (Å²) in [4.78, 5) is 0.0307. The van der Waals surface area contributed by atoms with Gasteiger partial charge in [0, 0.05) is 0 Å². The number of hydrogen-bond donors (Lipinski definition) is 0. The van der Waals surface area contributed by atoms with E-state index in [4.69, 9.17) is 0 Å². The Morgan fingerprint density at radius 1 is 0.895 bits per heavy atom. The average molecular weight is 321 g/mol. The van der Waals surface area contributed by atoms with E-state index in [0.29, 0.717) is 5.56 Å². The number of aryl methyl sites for hydroxylation is 4. The first-order valence-corrected chi connectivity index (χ1v) is 7.29. The highest BCUT2D eigenvalue weighted by molar-refractivity contribution is 9.09. The Hall–Kier alpha value is -1.15. The zero-order valence-electron chi connectivity index (χ0n) is 11.7. The van der Waals surface area contributed by atoms with Crippen molar-refractivity contribution in [2.45, 2.75) is 32.5 Å². The second-order valence-electron chi connectivity index (χ2n) is 5.18. The Kier molecular flexibility index (Phi) is 4.10. The van der Waals surface area contributed by atoms with Crippen LogP contribution in [-0.4, -0.2) is 0 Å². The zero-order chi connectivity index (χ0) is 14.2. The van der Waals surface area contributed by atoms with Gasteiger partial charge in [0.2, 0.25) is 0 Å². The molecule has 100 valence electrons. The smallest absolute Gasteiger partial charge is 0.126 e. The minimum Gasteiger partial charge on any atom is -0.207 e. The van der Waals surface area contributed by atoms with Crippen LogP contribution in [0.3, 0.4) is 0 Å². The van der Waals surface area contributed by atoms with Gasteiger partial charge in [0.25, 0.3) is 0 Å². The SMILES string of the molecule is Cc1cc(C)c(C(Br)c2ccc(C)c(F)c2)c(C)c1. The van der Waals surface area contributed by atoms with Crippen LogP contribution in [0.4, 0.5) is 4.39 Å². The van der Waals surface area contributed by atoms with Crippen LogP contribution < -0.4 is 0 Å². The van der Waals surface area contributed by atoms with E-state index in [1.807, 2.05) is 12.1 Å². The highest BCUT2D eigenvalue weighted by Gasteiger charge is 2.16. The van der Waals surface area contributed by atoms with Gasteiger partial charge in [0.1, 0.15) is 5.82 Å². The lowest BCUT2D eigenvalue weighted by atomic mass is 9.94. The van der Waals surface area contributed by atoms with Crippen molar-refractivity contribution in [3.05, 3.63) is 69.5 Å². The number of alkyl halides is 1. The Morgan fingerprint density at radius 2 is 1.47 bits per heavy atom. The average Bonchev–Trinajstić information content (AvgIpc) is 2.31. The third-order valence-corrected chi connectivity index (χ3v) is 4.47. The van der Waals surface area contributed by atoms with Crippen molar-refractivity contribution in [3.8, 4) is 0 Å². The van der Waals surface area contributed by atoms with Crippen LogP contribution >= 0.6 is 15.9 Å². The van der Waals surface area contributed by atoms with E-state index in [0.717, 1.165) is 5.56 Å². The van der Waals surface area contributed by atoms with Gasteiger partial charge in [0.15, 0.2) is 0 Å². The fourth-order valence-electron chi connectivity index (χ4n) is 2.52. The molecule has 2 aromatic rings. The first-order chi connectivity index (χ1) is 8.90. The Labute approximate surface area is 122 Å². The Bertz CT molecular complexity index is 594. The maximum Gasteiger partial charge on any atom is 0.126 e. The Balaban J connectivity index is 2.49. The molecule has 0 aromatic heterocycles. The van der Waals surface area contributed by atoms with Gasteiger partial charge in [-0.2, -0.15) is 0 Å². The van der Waals surface area contributed by atoms with Crippen molar-refractivity contribution in [1.82, 2.24) is 0 Å². The molecule has 0 radical (unpaired) electrons. The predicted molar refractivity (Wildman–Crippen MR) is 82.6 cm³/mol. The Morgan fingerprint density at radius 3 is 2.00 bits per heavy atom. The highest BCUT2D eigenvalue weighted by Crippen LogP contribution is 2.36. The van der Waals surface area contributed by atoms with Gasteiger partial charge >= 0.3 is 0 Å². The van der Waals surface area contributed by atoms with Crippen molar-refractivity contribution >= 4 is 15.9 Å². The molecule has 0 saturated heterocycles. The lowest BCUT2D eigenvalue weighted by Crippen LogP contribution is -2.01. The van der Waals surface area contributed by atoms with E-state index >= 15 is 0 Å². The predicted octanol–water partition coefficient (Wildman–Crippen LogP) is 5.54. The minimum absolute atomic E-state index is 0.0307. The second-order valence-corrected chi connectivity index (χ2v) is 6.10. The van der Waals surface area contributed by atoms with Gasteiger partial charge in [0.05, 0.1) is 4.83 Å². The molecule has 1 atom stereocenters. The summed E-state index contributed by atoms with van der Waals surface area (Å²) in [7, 11) is 0. The van der Waals surface area contributed by atoms with Crippen LogP contribution in [0.5, 0.6) is 0 Å². The molecule has 0 aliphatic rings. The molecule has 0 nitrogen and oxygen atoms in total. The van der Waals surface area contributed by atoms with Crippen molar-refractivity contribution in [1.29, 1.82) is 0 Å². The summed E-state index contributed by atoms with van der Waals surface area (Å²) in [5.41, 5.74) is 6.60. The fraction of sp³-hybridized carbons (Fsp3) is 0.294. The van der Waals surface area contributed by atoms with Gasteiger partial charge in [-0.25, -0.2) is 4.39 Å². The molecule has 2 rings (SSSR count). The van der Waals surface area contributed by atoms with Gasteiger partial charge < -0.3 is 0 Å². The van der Waals surface area contributed by atoms with Gasteiger partial charge in [-0.05, 0) is 61.6 Å². The van der Waals surface area contributed by atoms with Crippen molar-refractivity contribution in [3.63, 3.8) is 0 Å². The third-order valence-electron chi connectivity index (χ3n) is 3.48. The topological polar surface area (TPSA) is 0 Å².